The molecule has 0 aliphatic carbocycles. The SMILES string of the molecule is CO/N=C(\C(=O)N[C@@H]1C(=O)N2C(C(=O)[O-])=C(COC(C)=O)CS[C@H]12)c1csc(N)c1. The number of nitrogen functional groups attached to an aromatic ring is 1. The summed E-state index contributed by atoms with van der Waals surface area (Å²) in [4.78, 5) is 53.7. The number of carbonyl (C=O) groups is 4. The first-order valence-corrected chi connectivity index (χ1v) is 10.4. The van der Waals surface area contributed by atoms with Gasteiger partial charge in [0.15, 0.2) is 5.71 Å². The number of carboxylic acids is 1. The van der Waals surface area contributed by atoms with E-state index < -0.39 is 35.2 Å². The van der Waals surface area contributed by atoms with Crippen molar-refractivity contribution in [3.8, 4) is 0 Å². The van der Waals surface area contributed by atoms with E-state index in [9.17, 15) is 24.3 Å². The largest absolute Gasteiger partial charge is 0.543 e. The van der Waals surface area contributed by atoms with Crippen LogP contribution >= 0.6 is 23.1 Å². The number of aliphatic carboxylic acids is 1. The molecule has 30 heavy (non-hydrogen) atoms. The van der Waals surface area contributed by atoms with Gasteiger partial charge in [0, 0.05) is 29.2 Å². The van der Waals surface area contributed by atoms with Crippen molar-refractivity contribution >= 4 is 57.6 Å². The van der Waals surface area contributed by atoms with Gasteiger partial charge in [-0.2, -0.15) is 0 Å². The number of oxime groups is 1. The van der Waals surface area contributed by atoms with Crippen LogP contribution in [0.3, 0.4) is 0 Å². The van der Waals surface area contributed by atoms with Gasteiger partial charge in [-0.15, -0.1) is 23.1 Å². The first kappa shape index (κ1) is 21.6. The van der Waals surface area contributed by atoms with Gasteiger partial charge >= 0.3 is 5.97 Å². The number of carboxylic acid groups (broad SMARTS) is 1. The summed E-state index contributed by atoms with van der Waals surface area (Å²) in [6, 6.07) is 0.579. The summed E-state index contributed by atoms with van der Waals surface area (Å²) in [7, 11) is 1.28. The average molecular weight is 453 g/mol. The summed E-state index contributed by atoms with van der Waals surface area (Å²) in [5.41, 5.74) is 5.96. The van der Waals surface area contributed by atoms with Gasteiger partial charge in [-0.3, -0.25) is 19.3 Å². The second kappa shape index (κ2) is 8.75. The fraction of sp³-hybridized carbons (Fsp3) is 0.353. The third kappa shape index (κ3) is 4.11. The van der Waals surface area contributed by atoms with Gasteiger partial charge < -0.3 is 30.5 Å². The maximum absolute atomic E-state index is 12.7. The van der Waals surface area contributed by atoms with E-state index in [0.29, 0.717) is 10.6 Å². The molecule has 1 fully saturated rings. The molecule has 11 nitrogen and oxygen atoms in total. The summed E-state index contributed by atoms with van der Waals surface area (Å²) in [6.45, 7) is 0.933. The molecule has 2 aliphatic heterocycles. The third-order valence-electron chi connectivity index (χ3n) is 4.27. The Morgan fingerprint density at radius 1 is 1.43 bits per heavy atom. The topological polar surface area (TPSA) is 163 Å². The van der Waals surface area contributed by atoms with E-state index in [0.717, 1.165) is 4.90 Å². The van der Waals surface area contributed by atoms with Crippen LogP contribution in [0.1, 0.15) is 12.5 Å². The van der Waals surface area contributed by atoms with Crippen molar-refractivity contribution in [2.45, 2.75) is 18.3 Å². The van der Waals surface area contributed by atoms with E-state index >= 15 is 0 Å². The Morgan fingerprint density at radius 3 is 2.73 bits per heavy atom. The number of nitrogens with one attached hydrogen (secondary N) is 1. The zero-order valence-corrected chi connectivity index (χ0v) is 17.5. The van der Waals surface area contributed by atoms with Crippen molar-refractivity contribution in [3.63, 3.8) is 0 Å². The number of ether oxygens (including phenoxy) is 1. The second-order valence-corrected chi connectivity index (χ2v) is 8.29. The van der Waals surface area contributed by atoms with E-state index in [4.69, 9.17) is 15.3 Å². The van der Waals surface area contributed by atoms with Gasteiger partial charge in [0.2, 0.25) is 0 Å². The maximum atomic E-state index is 12.7. The molecule has 0 aromatic carbocycles. The maximum Gasteiger partial charge on any atom is 0.302 e. The number of esters is 1. The molecule has 2 amide bonds. The molecule has 2 atom stereocenters. The van der Waals surface area contributed by atoms with Crippen LogP contribution in [0.25, 0.3) is 0 Å². The van der Waals surface area contributed by atoms with E-state index in [2.05, 4.69) is 10.5 Å². The second-order valence-electron chi connectivity index (χ2n) is 6.24. The van der Waals surface area contributed by atoms with Gasteiger partial charge in [0.05, 0.1) is 16.7 Å². The monoisotopic (exact) mass is 453 g/mol. The molecular weight excluding hydrogens is 436 g/mol. The minimum atomic E-state index is -1.56. The molecule has 0 saturated carbocycles. The summed E-state index contributed by atoms with van der Waals surface area (Å²) in [5.74, 6) is -3.24. The quantitative estimate of drug-likeness (QED) is 0.220. The van der Waals surface area contributed by atoms with Crippen molar-refractivity contribution in [2.24, 2.45) is 5.16 Å². The lowest BCUT2D eigenvalue weighted by molar-refractivity contribution is -0.301. The number of β-lactam (4-membered cyclic amide) rings is 1. The first-order chi connectivity index (χ1) is 14.2. The zero-order chi connectivity index (χ0) is 22.0. The molecule has 0 bridgehead atoms. The summed E-state index contributed by atoms with van der Waals surface area (Å²) in [5, 5.41) is 19.3. The Morgan fingerprint density at radius 2 is 2.17 bits per heavy atom. The fourth-order valence-electron chi connectivity index (χ4n) is 2.97. The predicted molar refractivity (Wildman–Crippen MR) is 106 cm³/mol. The lowest BCUT2D eigenvalue weighted by atomic mass is 10.0. The number of hydrogen-bond donors (Lipinski definition) is 2. The molecule has 3 heterocycles. The number of hydrogen-bond acceptors (Lipinski definition) is 11. The first-order valence-electron chi connectivity index (χ1n) is 8.52. The van der Waals surface area contributed by atoms with E-state index in [-0.39, 0.29) is 29.3 Å². The number of nitrogens with zero attached hydrogens (tertiary/aromatic N) is 2. The fourth-order valence-corrected chi connectivity index (χ4v) is 4.94. The van der Waals surface area contributed by atoms with Crippen LogP contribution in [0.15, 0.2) is 27.9 Å². The van der Waals surface area contributed by atoms with Crippen LogP contribution in [-0.4, -0.2) is 65.2 Å². The predicted octanol–water partition coefficient (Wildman–Crippen LogP) is -1.35. The van der Waals surface area contributed by atoms with Crippen LogP contribution in [0, 0.1) is 0 Å². The number of fused-ring (bicyclic) bond motifs is 1. The van der Waals surface area contributed by atoms with Crippen molar-refractivity contribution in [3.05, 3.63) is 28.3 Å². The molecule has 13 heteroatoms. The standard InChI is InChI=1S/C17H18N4O7S2/c1-7(22)28-4-9-6-30-16-12(15(24)21(16)13(9)17(25)26)19-14(23)11(20-27-2)8-3-10(18)29-5-8/h3,5,12,16H,4,6,18H2,1-2H3,(H,19,23)(H,25,26)/p-1/b20-11-/t12-,16-/m1/s1. The van der Waals surface area contributed by atoms with Gasteiger partial charge in [0.1, 0.15) is 25.1 Å². The van der Waals surface area contributed by atoms with Gasteiger partial charge in [-0.25, -0.2) is 0 Å². The van der Waals surface area contributed by atoms with Crippen molar-refractivity contribution in [1.29, 1.82) is 0 Å². The van der Waals surface area contributed by atoms with E-state index in [1.807, 2.05) is 0 Å². The number of carbonyl (C=O) groups excluding carboxylic acids is 4. The zero-order valence-electron chi connectivity index (χ0n) is 15.9. The van der Waals surface area contributed by atoms with Crippen molar-refractivity contribution in [1.82, 2.24) is 10.2 Å². The Hall–Kier alpha value is -3.06. The highest BCUT2D eigenvalue weighted by atomic mass is 32.2. The number of rotatable bonds is 7. The normalized spacial score (nSPS) is 20.9. The highest BCUT2D eigenvalue weighted by molar-refractivity contribution is 8.00. The molecule has 1 aromatic rings. The van der Waals surface area contributed by atoms with Crippen LogP contribution in [0.2, 0.25) is 0 Å². The number of nitrogens with two attached hydrogens (primary N) is 1. The summed E-state index contributed by atoms with van der Waals surface area (Å²) >= 11 is 2.45. The molecule has 0 radical (unpaired) electrons. The Kier molecular flexibility index (Phi) is 6.31. The minimum Gasteiger partial charge on any atom is -0.543 e. The Bertz CT molecular complexity index is 971. The molecule has 0 spiro atoms. The summed E-state index contributed by atoms with van der Waals surface area (Å²) in [6.07, 6.45) is 0. The average Bonchev–Trinajstić information content (AvgIpc) is 3.13. The molecule has 0 unspecified atom stereocenters. The lowest BCUT2D eigenvalue weighted by Gasteiger charge is -2.50. The number of thiophene rings is 1. The molecule has 1 aromatic heterocycles. The number of anilines is 1. The minimum absolute atomic E-state index is 0.0660. The van der Waals surface area contributed by atoms with Gasteiger partial charge in [0.25, 0.3) is 11.8 Å². The lowest BCUT2D eigenvalue weighted by Crippen LogP contribution is -2.71. The van der Waals surface area contributed by atoms with Crippen molar-refractivity contribution < 1.29 is 33.9 Å². The Balaban J connectivity index is 1.77. The molecule has 160 valence electrons. The van der Waals surface area contributed by atoms with Crippen molar-refractivity contribution in [2.75, 3.05) is 25.2 Å². The third-order valence-corrected chi connectivity index (χ3v) is 6.37. The van der Waals surface area contributed by atoms with Crippen LogP contribution in [0.4, 0.5) is 5.00 Å². The highest BCUT2D eigenvalue weighted by Crippen LogP contribution is 2.40. The molecule has 3 rings (SSSR count). The van der Waals surface area contributed by atoms with E-state index in [1.165, 1.54) is 37.1 Å². The number of amides is 2. The molecule has 3 N–H and O–H groups in total. The Labute approximate surface area is 178 Å². The highest BCUT2D eigenvalue weighted by Gasteiger charge is 2.53. The molecule has 2 aliphatic rings. The van der Waals surface area contributed by atoms with Crippen LogP contribution < -0.4 is 16.2 Å². The van der Waals surface area contributed by atoms with Gasteiger partial charge in [-0.05, 0) is 6.07 Å². The number of thioether (sulfide) groups is 1. The van der Waals surface area contributed by atoms with E-state index in [1.54, 1.807) is 11.4 Å². The smallest absolute Gasteiger partial charge is 0.302 e. The van der Waals surface area contributed by atoms with Gasteiger partial charge in [-0.1, -0.05) is 5.16 Å². The summed E-state index contributed by atoms with van der Waals surface area (Å²) < 4.78 is 4.86. The molecular formula is C17H17N4O7S2-. The molecule has 1 saturated heterocycles. The van der Waals surface area contributed by atoms with Crippen LogP contribution in [-0.2, 0) is 28.8 Å². The van der Waals surface area contributed by atoms with Crippen LogP contribution in [0.5, 0.6) is 0 Å².